The second-order valence-corrected chi connectivity index (χ2v) is 8.04. The van der Waals surface area contributed by atoms with E-state index in [9.17, 15) is 0 Å². The normalized spacial score (nSPS) is 11.8. The molecule has 1 aromatic heterocycles. The number of rotatable bonds is 10. The number of unbranched alkanes of at least 4 members (excludes halogenated alkanes) is 1. The van der Waals surface area contributed by atoms with Crippen LogP contribution >= 0.6 is 0 Å². The van der Waals surface area contributed by atoms with Gasteiger partial charge in [-0.1, -0.05) is 13.3 Å². The zero-order valence-corrected chi connectivity index (χ0v) is 14.2. The number of aromatic nitrogens is 1. The highest BCUT2D eigenvalue weighted by atomic mass is 28.4. The Kier molecular flexibility index (Phi) is 7.99. The second-order valence-electron chi connectivity index (χ2n) is 4.95. The van der Waals surface area contributed by atoms with E-state index in [0.29, 0.717) is 0 Å². The smallest absolute Gasteiger partial charge is 0.377 e. The number of nitrogens with zero attached hydrogens (tertiary/aromatic N) is 1. The first-order chi connectivity index (χ1) is 9.69. The Labute approximate surface area is 124 Å². The summed E-state index contributed by atoms with van der Waals surface area (Å²) in [6.45, 7) is 3.32. The molecule has 0 fully saturated rings. The molecule has 0 spiro atoms. The minimum Gasteiger partial charge on any atom is -0.377 e. The average Bonchev–Trinajstić information content (AvgIpc) is 2.51. The Morgan fingerprint density at radius 3 is 2.10 bits per heavy atom. The first-order valence-electron chi connectivity index (χ1n) is 7.33. The summed E-state index contributed by atoms with van der Waals surface area (Å²) in [5.74, 6) is 0. The first-order valence-corrected chi connectivity index (χ1v) is 9.26. The maximum atomic E-state index is 5.43. The van der Waals surface area contributed by atoms with E-state index in [0.717, 1.165) is 25.4 Å². The van der Waals surface area contributed by atoms with Crippen molar-refractivity contribution in [3.63, 3.8) is 0 Å². The fourth-order valence-electron chi connectivity index (χ4n) is 2.21. The number of hydrogen-bond donors (Lipinski definition) is 0. The molecule has 4 nitrogen and oxygen atoms in total. The molecule has 0 aliphatic rings. The van der Waals surface area contributed by atoms with E-state index in [2.05, 4.69) is 36.0 Å². The average molecular weight is 298 g/mol. The van der Waals surface area contributed by atoms with Gasteiger partial charge < -0.3 is 13.3 Å². The van der Waals surface area contributed by atoms with E-state index in [1.54, 1.807) is 21.3 Å². The van der Waals surface area contributed by atoms with Crippen LogP contribution in [0.2, 0.25) is 6.04 Å². The molecule has 0 atom stereocenters. The second kappa shape index (κ2) is 9.23. The molecule has 1 rings (SSSR count). The van der Waals surface area contributed by atoms with E-state index in [1.807, 2.05) is 0 Å². The van der Waals surface area contributed by atoms with Crippen molar-refractivity contribution in [2.24, 2.45) is 0 Å². The van der Waals surface area contributed by atoms with E-state index < -0.39 is 8.80 Å². The topological polar surface area (TPSA) is 31.6 Å². The summed E-state index contributed by atoms with van der Waals surface area (Å²) in [5, 5.41) is 0. The molecule has 0 aromatic carbocycles. The van der Waals surface area contributed by atoms with E-state index >= 15 is 0 Å². The molecule has 0 bridgehead atoms. The van der Waals surface area contributed by atoms with E-state index in [-0.39, 0.29) is 0 Å². The SMILES string of the molecule is CCCC[n+]1ccc(CCC[Si](OC)(OC)OC)cc1. The zero-order chi connectivity index (χ0) is 14.8. The molecule has 5 heteroatoms. The molecule has 0 radical (unpaired) electrons. The Bertz CT molecular complexity index is 358. The lowest BCUT2D eigenvalue weighted by molar-refractivity contribution is -0.697. The largest absolute Gasteiger partial charge is 0.500 e. The Balaban J connectivity index is 2.41. The van der Waals surface area contributed by atoms with Crippen LogP contribution in [0.1, 0.15) is 31.7 Å². The van der Waals surface area contributed by atoms with Crippen molar-refractivity contribution in [3.05, 3.63) is 30.1 Å². The van der Waals surface area contributed by atoms with Gasteiger partial charge in [0.1, 0.15) is 6.54 Å². The Morgan fingerprint density at radius 2 is 1.60 bits per heavy atom. The summed E-state index contributed by atoms with van der Waals surface area (Å²) < 4.78 is 18.5. The summed E-state index contributed by atoms with van der Waals surface area (Å²) in [6.07, 6.45) is 8.83. The fraction of sp³-hybridized carbons (Fsp3) is 0.667. The molecule has 1 heterocycles. The van der Waals surface area contributed by atoms with Gasteiger partial charge in [-0.25, -0.2) is 4.57 Å². The zero-order valence-electron chi connectivity index (χ0n) is 13.2. The molecule has 0 N–H and O–H groups in total. The molecule has 0 amide bonds. The van der Waals surface area contributed by atoms with Crippen LogP contribution in [0.25, 0.3) is 0 Å². The van der Waals surface area contributed by atoms with Crippen LogP contribution in [-0.4, -0.2) is 30.1 Å². The van der Waals surface area contributed by atoms with Crippen LogP contribution in [-0.2, 0) is 26.2 Å². The molecule has 114 valence electrons. The third-order valence-corrected chi connectivity index (χ3v) is 6.44. The predicted molar refractivity (Wildman–Crippen MR) is 81.5 cm³/mol. The van der Waals surface area contributed by atoms with Crippen molar-refractivity contribution in [2.75, 3.05) is 21.3 Å². The maximum Gasteiger partial charge on any atom is 0.500 e. The van der Waals surface area contributed by atoms with Crippen molar-refractivity contribution >= 4 is 8.80 Å². The van der Waals surface area contributed by atoms with Crippen LogP contribution < -0.4 is 4.57 Å². The monoisotopic (exact) mass is 298 g/mol. The van der Waals surface area contributed by atoms with E-state index in [4.69, 9.17) is 13.3 Å². The van der Waals surface area contributed by atoms with Crippen molar-refractivity contribution in [1.82, 2.24) is 0 Å². The van der Waals surface area contributed by atoms with Crippen LogP contribution in [0.4, 0.5) is 0 Å². The Morgan fingerprint density at radius 1 is 1.00 bits per heavy atom. The van der Waals surface area contributed by atoms with Crippen molar-refractivity contribution in [3.8, 4) is 0 Å². The van der Waals surface area contributed by atoms with Gasteiger partial charge >= 0.3 is 8.80 Å². The molecule has 0 unspecified atom stereocenters. The number of pyridine rings is 1. The molecule has 0 saturated carbocycles. The summed E-state index contributed by atoms with van der Waals surface area (Å²) in [5.41, 5.74) is 1.35. The van der Waals surface area contributed by atoms with E-state index in [1.165, 1.54) is 18.4 Å². The van der Waals surface area contributed by atoms with Crippen LogP contribution in [0.5, 0.6) is 0 Å². The van der Waals surface area contributed by atoms with Crippen LogP contribution in [0.15, 0.2) is 24.5 Å². The van der Waals surface area contributed by atoms with Gasteiger partial charge in [0.05, 0.1) is 0 Å². The molecule has 20 heavy (non-hydrogen) atoms. The predicted octanol–water partition coefficient (Wildman–Crippen LogP) is 2.58. The molecule has 0 aliphatic carbocycles. The third-order valence-electron chi connectivity index (χ3n) is 3.61. The molecular weight excluding hydrogens is 270 g/mol. The molecule has 1 aromatic rings. The van der Waals surface area contributed by atoms with Gasteiger partial charge in [0.15, 0.2) is 12.4 Å². The maximum absolute atomic E-state index is 5.43. The number of hydrogen-bond acceptors (Lipinski definition) is 3. The number of aryl methyl sites for hydroxylation is 2. The van der Waals surface area contributed by atoms with Gasteiger partial charge in [-0.15, -0.1) is 0 Å². The minimum absolute atomic E-state index is 0.848. The minimum atomic E-state index is -2.40. The van der Waals surface area contributed by atoms with Gasteiger partial charge in [0.25, 0.3) is 0 Å². The lowest BCUT2D eigenvalue weighted by Crippen LogP contribution is -2.42. The standard InChI is InChI=1S/C15H28NO3Si/c1-5-6-11-16-12-9-15(10-13-16)8-7-14-20(17-2,18-3)19-4/h9-10,12-13H,5-8,11,14H2,1-4H3/q+1. The summed E-state index contributed by atoms with van der Waals surface area (Å²) in [7, 11) is 2.59. The molecule has 0 aliphatic heterocycles. The van der Waals surface area contributed by atoms with Crippen molar-refractivity contribution in [1.29, 1.82) is 0 Å². The molecule has 0 saturated heterocycles. The van der Waals surface area contributed by atoms with Crippen molar-refractivity contribution < 1.29 is 17.8 Å². The van der Waals surface area contributed by atoms with Gasteiger partial charge in [-0.3, -0.25) is 0 Å². The van der Waals surface area contributed by atoms with Crippen molar-refractivity contribution in [2.45, 2.75) is 45.2 Å². The van der Waals surface area contributed by atoms with Crippen LogP contribution in [0, 0.1) is 0 Å². The fourth-order valence-corrected chi connectivity index (χ4v) is 3.93. The quantitative estimate of drug-likeness (QED) is 0.491. The van der Waals surface area contributed by atoms with Gasteiger partial charge in [-0.2, -0.15) is 0 Å². The van der Waals surface area contributed by atoms with Gasteiger partial charge in [0, 0.05) is 45.9 Å². The lowest BCUT2D eigenvalue weighted by atomic mass is 10.1. The third kappa shape index (κ3) is 5.32. The lowest BCUT2D eigenvalue weighted by Gasteiger charge is -2.24. The highest BCUT2D eigenvalue weighted by molar-refractivity contribution is 6.60. The summed E-state index contributed by atoms with van der Waals surface area (Å²) in [6, 6.07) is 5.25. The highest BCUT2D eigenvalue weighted by Crippen LogP contribution is 2.16. The summed E-state index contributed by atoms with van der Waals surface area (Å²) >= 11 is 0. The Hall–Kier alpha value is -0.753. The van der Waals surface area contributed by atoms with Crippen LogP contribution in [0.3, 0.4) is 0 Å². The summed E-state index contributed by atoms with van der Waals surface area (Å²) in [4.78, 5) is 0. The first kappa shape index (κ1) is 17.3. The van der Waals surface area contributed by atoms with Gasteiger partial charge in [-0.05, 0) is 18.4 Å². The van der Waals surface area contributed by atoms with Gasteiger partial charge in [0.2, 0.25) is 0 Å². The highest BCUT2D eigenvalue weighted by Gasteiger charge is 2.36. The molecular formula is C15H28NO3Si+.